The number of amides is 1. The minimum absolute atomic E-state index is 0.119. The second-order valence-electron chi connectivity index (χ2n) is 5.90. The molecule has 116 valence electrons. The molecule has 0 aliphatic carbocycles. The minimum Gasteiger partial charge on any atom is -0.353 e. The van der Waals surface area contributed by atoms with Crippen LogP contribution in [-0.4, -0.2) is 54.5 Å². The highest BCUT2D eigenvalue weighted by molar-refractivity contribution is 6.30. The molecule has 5 heteroatoms. The Balaban J connectivity index is 1.74. The monoisotopic (exact) mass is 309 g/mol. The van der Waals surface area contributed by atoms with E-state index in [9.17, 15) is 4.79 Å². The van der Waals surface area contributed by atoms with Crippen molar-refractivity contribution in [3.8, 4) is 0 Å². The smallest absolute Gasteiger partial charge is 0.234 e. The second kappa shape index (κ2) is 7.78. The number of halogens is 1. The Hall–Kier alpha value is -1.10. The third-order valence-corrected chi connectivity index (χ3v) is 3.81. The molecule has 1 amide bonds. The first-order valence-electron chi connectivity index (χ1n) is 7.51. The molecule has 1 N–H and O–H groups in total. The van der Waals surface area contributed by atoms with Crippen molar-refractivity contribution in [2.45, 2.75) is 26.4 Å². The summed E-state index contributed by atoms with van der Waals surface area (Å²) in [6.07, 6.45) is 0. The molecule has 0 aromatic heterocycles. The van der Waals surface area contributed by atoms with Crippen molar-refractivity contribution in [3.63, 3.8) is 0 Å². The number of nitrogens with zero attached hydrogens (tertiary/aromatic N) is 2. The molecule has 1 aromatic rings. The van der Waals surface area contributed by atoms with Gasteiger partial charge in [-0.25, -0.2) is 0 Å². The summed E-state index contributed by atoms with van der Waals surface area (Å²) in [4.78, 5) is 16.4. The summed E-state index contributed by atoms with van der Waals surface area (Å²) in [5.74, 6) is 0.119. The predicted molar refractivity (Wildman–Crippen MR) is 86.4 cm³/mol. The molecule has 2 rings (SSSR count). The zero-order chi connectivity index (χ0) is 15.2. The summed E-state index contributed by atoms with van der Waals surface area (Å²) in [6, 6.07) is 8.22. The van der Waals surface area contributed by atoms with Gasteiger partial charge in [0, 0.05) is 43.8 Å². The lowest BCUT2D eigenvalue weighted by Crippen LogP contribution is -2.49. The first-order chi connectivity index (χ1) is 10.0. The van der Waals surface area contributed by atoms with E-state index in [-0.39, 0.29) is 11.9 Å². The molecule has 0 unspecified atom stereocenters. The van der Waals surface area contributed by atoms with Gasteiger partial charge in [-0.2, -0.15) is 0 Å². The van der Waals surface area contributed by atoms with E-state index < -0.39 is 0 Å². The number of carbonyl (C=O) groups excluding carboxylic acids is 1. The van der Waals surface area contributed by atoms with Gasteiger partial charge in [0.15, 0.2) is 0 Å². The molecule has 21 heavy (non-hydrogen) atoms. The highest BCUT2D eigenvalue weighted by Crippen LogP contribution is 2.13. The number of piperazine rings is 1. The fraction of sp³-hybridized carbons (Fsp3) is 0.562. The van der Waals surface area contributed by atoms with Gasteiger partial charge in [0.2, 0.25) is 5.91 Å². The summed E-state index contributed by atoms with van der Waals surface area (Å²) in [5.41, 5.74) is 1.24. The van der Waals surface area contributed by atoms with E-state index in [1.165, 1.54) is 5.56 Å². The van der Waals surface area contributed by atoms with Gasteiger partial charge in [0.1, 0.15) is 0 Å². The Bertz CT molecular complexity index is 470. The van der Waals surface area contributed by atoms with Crippen molar-refractivity contribution < 1.29 is 4.79 Å². The van der Waals surface area contributed by atoms with Gasteiger partial charge >= 0.3 is 0 Å². The van der Waals surface area contributed by atoms with Gasteiger partial charge < -0.3 is 5.32 Å². The highest BCUT2D eigenvalue weighted by atomic mass is 35.5. The zero-order valence-electron chi connectivity index (χ0n) is 12.8. The van der Waals surface area contributed by atoms with Crippen LogP contribution in [0.2, 0.25) is 5.02 Å². The SMILES string of the molecule is CC(C)NC(=O)CN1CCN(Cc2cccc(Cl)c2)CC1. The molecule has 0 bridgehead atoms. The van der Waals surface area contributed by atoms with Crippen LogP contribution in [0.25, 0.3) is 0 Å². The fourth-order valence-electron chi connectivity index (χ4n) is 2.57. The third-order valence-electron chi connectivity index (χ3n) is 3.58. The van der Waals surface area contributed by atoms with Gasteiger partial charge in [0.25, 0.3) is 0 Å². The van der Waals surface area contributed by atoms with Crippen LogP contribution in [0.1, 0.15) is 19.4 Å². The maximum atomic E-state index is 11.8. The number of benzene rings is 1. The Morgan fingerprint density at radius 1 is 1.24 bits per heavy atom. The number of hydrogen-bond acceptors (Lipinski definition) is 3. The molecule has 0 saturated carbocycles. The normalized spacial score (nSPS) is 17.1. The lowest BCUT2D eigenvalue weighted by Gasteiger charge is -2.34. The van der Waals surface area contributed by atoms with Gasteiger partial charge in [0.05, 0.1) is 6.54 Å². The van der Waals surface area contributed by atoms with Crippen LogP contribution in [0, 0.1) is 0 Å². The van der Waals surface area contributed by atoms with Gasteiger partial charge in [-0.05, 0) is 31.5 Å². The summed E-state index contributed by atoms with van der Waals surface area (Å²) >= 11 is 6.01. The van der Waals surface area contributed by atoms with Crippen LogP contribution in [0.15, 0.2) is 24.3 Å². The number of hydrogen-bond donors (Lipinski definition) is 1. The average Bonchev–Trinajstić information content (AvgIpc) is 2.40. The molecule has 1 fully saturated rings. The number of carbonyl (C=O) groups is 1. The van der Waals surface area contributed by atoms with Crippen LogP contribution < -0.4 is 5.32 Å². The largest absolute Gasteiger partial charge is 0.353 e. The maximum Gasteiger partial charge on any atom is 0.234 e. The van der Waals surface area contributed by atoms with Crippen molar-refractivity contribution in [1.82, 2.24) is 15.1 Å². The molecule has 1 aromatic carbocycles. The molecule has 1 saturated heterocycles. The van der Waals surface area contributed by atoms with Crippen LogP contribution >= 0.6 is 11.6 Å². The van der Waals surface area contributed by atoms with E-state index in [0.29, 0.717) is 6.54 Å². The van der Waals surface area contributed by atoms with Gasteiger partial charge in [-0.15, -0.1) is 0 Å². The van der Waals surface area contributed by atoms with Gasteiger partial charge in [-0.3, -0.25) is 14.6 Å². The summed E-state index contributed by atoms with van der Waals surface area (Å²) in [7, 11) is 0. The van der Waals surface area contributed by atoms with Crippen molar-refractivity contribution in [3.05, 3.63) is 34.9 Å². The lowest BCUT2D eigenvalue weighted by molar-refractivity contribution is -0.123. The standard InChI is InChI=1S/C16H24ClN3O/c1-13(2)18-16(21)12-20-8-6-19(7-9-20)11-14-4-3-5-15(17)10-14/h3-5,10,13H,6-9,11-12H2,1-2H3,(H,18,21). The molecule has 4 nitrogen and oxygen atoms in total. The first kappa shape index (κ1) is 16.3. The molecular formula is C16H24ClN3O. The number of rotatable bonds is 5. The van der Waals surface area contributed by atoms with E-state index in [1.54, 1.807) is 0 Å². The molecular weight excluding hydrogens is 286 g/mol. The molecule has 1 aliphatic heterocycles. The van der Waals surface area contributed by atoms with Crippen molar-refractivity contribution in [2.24, 2.45) is 0 Å². The minimum atomic E-state index is 0.119. The Morgan fingerprint density at radius 3 is 2.52 bits per heavy atom. The molecule has 0 atom stereocenters. The van der Waals surface area contributed by atoms with Crippen LogP contribution in [0.5, 0.6) is 0 Å². The van der Waals surface area contributed by atoms with Crippen molar-refractivity contribution >= 4 is 17.5 Å². The van der Waals surface area contributed by atoms with E-state index >= 15 is 0 Å². The highest BCUT2D eigenvalue weighted by Gasteiger charge is 2.19. The maximum absolute atomic E-state index is 11.8. The Kier molecular flexibility index (Phi) is 6.03. The van der Waals surface area contributed by atoms with Crippen molar-refractivity contribution in [2.75, 3.05) is 32.7 Å². The topological polar surface area (TPSA) is 35.6 Å². The summed E-state index contributed by atoms with van der Waals surface area (Å²) in [5, 5.41) is 3.73. The molecule has 0 spiro atoms. The van der Waals surface area contributed by atoms with Crippen LogP contribution in [-0.2, 0) is 11.3 Å². The Labute approximate surface area is 132 Å². The zero-order valence-corrected chi connectivity index (χ0v) is 13.6. The second-order valence-corrected chi connectivity index (χ2v) is 6.34. The van der Waals surface area contributed by atoms with Crippen LogP contribution in [0.3, 0.4) is 0 Å². The van der Waals surface area contributed by atoms with E-state index in [4.69, 9.17) is 11.6 Å². The molecule has 0 radical (unpaired) electrons. The lowest BCUT2D eigenvalue weighted by atomic mass is 10.2. The number of nitrogens with one attached hydrogen (secondary N) is 1. The van der Waals surface area contributed by atoms with Gasteiger partial charge in [-0.1, -0.05) is 23.7 Å². The predicted octanol–water partition coefficient (Wildman–Crippen LogP) is 1.98. The average molecular weight is 310 g/mol. The molecule has 1 aliphatic rings. The first-order valence-corrected chi connectivity index (χ1v) is 7.89. The summed E-state index contributed by atoms with van der Waals surface area (Å²) < 4.78 is 0. The third kappa shape index (κ3) is 5.65. The van der Waals surface area contributed by atoms with Crippen LogP contribution in [0.4, 0.5) is 0 Å². The quantitative estimate of drug-likeness (QED) is 0.903. The Morgan fingerprint density at radius 2 is 1.90 bits per heavy atom. The fourth-order valence-corrected chi connectivity index (χ4v) is 2.78. The molecule has 1 heterocycles. The van der Waals surface area contributed by atoms with E-state index in [1.807, 2.05) is 32.0 Å². The summed E-state index contributed by atoms with van der Waals surface area (Å²) in [6.45, 7) is 9.25. The van der Waals surface area contributed by atoms with E-state index in [0.717, 1.165) is 37.7 Å². The van der Waals surface area contributed by atoms with E-state index in [2.05, 4.69) is 21.2 Å². The van der Waals surface area contributed by atoms with Crippen molar-refractivity contribution in [1.29, 1.82) is 0 Å².